The smallest absolute Gasteiger partial charge is 0.330 e. The van der Waals surface area contributed by atoms with Crippen LogP contribution in [0, 0.1) is 0 Å². The summed E-state index contributed by atoms with van der Waals surface area (Å²) in [6.07, 6.45) is -25.9. The van der Waals surface area contributed by atoms with Gasteiger partial charge < -0.3 is 113 Å². The Hall–Kier alpha value is -8.23. The number of esters is 3. The number of rotatable bonds is 20. The molecule has 4 aliphatic heterocycles. The van der Waals surface area contributed by atoms with Crippen molar-refractivity contribution < 1.29 is 132 Å². The zero-order valence-corrected chi connectivity index (χ0v) is 43.3. The van der Waals surface area contributed by atoms with Gasteiger partial charge in [0.05, 0.1) is 12.7 Å². The molecule has 8 rings (SSSR count). The van der Waals surface area contributed by atoms with Crippen LogP contribution in [0.4, 0.5) is 0 Å². The molecule has 0 unspecified atom stereocenters. The van der Waals surface area contributed by atoms with Crippen molar-refractivity contribution in [2.45, 2.75) is 98.5 Å². The number of ether oxygens (including phenoxy) is 10. The molecule has 0 radical (unpaired) electrons. The molecule has 444 valence electrons. The fraction of sp³-hybridized carbons (Fsp3) is 0.364. The zero-order valence-electron chi connectivity index (χ0n) is 43.3. The fourth-order valence-electron chi connectivity index (χ4n) is 8.65. The number of carboxylic acids is 1. The van der Waals surface area contributed by atoms with Crippen molar-refractivity contribution >= 4 is 36.0 Å². The third-order valence-electron chi connectivity index (χ3n) is 13.1. The third-order valence-corrected chi connectivity index (χ3v) is 13.1. The molecule has 3 aromatic carbocycles. The van der Waals surface area contributed by atoms with Crippen molar-refractivity contribution in [2.75, 3.05) is 26.9 Å². The van der Waals surface area contributed by atoms with E-state index in [0.29, 0.717) is 11.1 Å². The van der Waals surface area contributed by atoms with Gasteiger partial charge in [-0.25, -0.2) is 9.59 Å². The Labute approximate surface area is 468 Å². The molecule has 15 atom stereocenters. The first kappa shape index (κ1) is 60.9. The Kier molecular flexibility index (Phi) is 19.6. The van der Waals surface area contributed by atoms with Gasteiger partial charge in [-0.3, -0.25) is 14.4 Å². The summed E-state index contributed by atoms with van der Waals surface area (Å²) in [5.41, 5.74) is 0.0592. The fourth-order valence-corrected chi connectivity index (χ4v) is 8.65. The number of benzene rings is 4. The Morgan fingerprint density at radius 1 is 0.542 bits per heavy atom. The van der Waals surface area contributed by atoms with Gasteiger partial charge >= 0.3 is 23.9 Å². The second-order valence-electron chi connectivity index (χ2n) is 18.9. The number of carbonyl (C=O) groups excluding carboxylic acids is 3. The van der Waals surface area contributed by atoms with Crippen LogP contribution in [-0.4, -0.2) is 204 Å². The van der Waals surface area contributed by atoms with Gasteiger partial charge in [0.1, 0.15) is 116 Å². The van der Waals surface area contributed by atoms with Crippen molar-refractivity contribution in [3.63, 3.8) is 0 Å². The molecule has 28 nitrogen and oxygen atoms in total. The predicted octanol–water partition coefficient (Wildman–Crippen LogP) is -0.727. The van der Waals surface area contributed by atoms with E-state index in [1.165, 1.54) is 92.1 Å². The Bertz CT molecular complexity index is 3160. The van der Waals surface area contributed by atoms with Crippen LogP contribution < -0.4 is 19.6 Å². The summed E-state index contributed by atoms with van der Waals surface area (Å²) in [5.74, 6) is -6.43. The summed E-state index contributed by atoms with van der Waals surface area (Å²) >= 11 is 0. The molecule has 83 heavy (non-hydrogen) atoms. The number of phenols is 3. The van der Waals surface area contributed by atoms with Gasteiger partial charge in [-0.1, -0.05) is 18.2 Å². The number of aliphatic hydroxyl groups excluding tert-OH is 8. The van der Waals surface area contributed by atoms with Crippen LogP contribution >= 0.6 is 0 Å². The lowest BCUT2D eigenvalue weighted by Gasteiger charge is -2.46. The van der Waals surface area contributed by atoms with E-state index in [0.717, 1.165) is 24.3 Å². The summed E-state index contributed by atoms with van der Waals surface area (Å²) in [5, 5.41) is 128. The normalized spacial score (nSPS) is 28.1. The number of carbonyl (C=O) groups is 4. The number of carboxylic acid groups (broad SMARTS) is 1. The van der Waals surface area contributed by atoms with E-state index in [2.05, 4.69) is 0 Å². The Morgan fingerprint density at radius 3 is 1.66 bits per heavy atom. The van der Waals surface area contributed by atoms with E-state index in [9.17, 15) is 80.1 Å². The van der Waals surface area contributed by atoms with Crippen molar-refractivity contribution in [1.29, 1.82) is 0 Å². The molecule has 4 heterocycles. The maximum absolute atomic E-state index is 13.3. The SMILES string of the molecule is COc1cc(C=CC(=O)OC[C@H]2O[C@@H](Oc3cc4c(O[C@@H]5O[C@H](COC(=O)CC(=O)O)[C@@H](O)[C@H](O)[C@H]5O)cc(=O)cc-4oc3-c3ccc(O)cc3)[C@H](O[C@@H]3O[C@H](COC(=O)C=Cc4ccc(O)cc4)[C@@H](O)[C@H](O)[C@H]3O)[C@@H](O)[C@@H]2O)ccc1O. The van der Waals surface area contributed by atoms with Gasteiger partial charge in [0.2, 0.25) is 12.6 Å². The number of fused-ring (bicyclic) bond motifs is 1. The lowest BCUT2D eigenvalue weighted by molar-refractivity contribution is -0.358. The topological polar surface area (TPSA) is 434 Å². The van der Waals surface area contributed by atoms with Crippen LogP contribution in [0.15, 0.2) is 106 Å². The van der Waals surface area contributed by atoms with E-state index in [1.54, 1.807) is 0 Å². The molecule has 0 saturated carbocycles. The van der Waals surface area contributed by atoms with Crippen molar-refractivity contribution in [1.82, 2.24) is 0 Å². The highest BCUT2D eigenvalue weighted by Gasteiger charge is 2.53. The maximum Gasteiger partial charge on any atom is 0.330 e. The lowest BCUT2D eigenvalue weighted by atomic mass is 9.97. The van der Waals surface area contributed by atoms with Crippen molar-refractivity contribution in [3.8, 4) is 57.1 Å². The van der Waals surface area contributed by atoms with E-state index in [-0.39, 0.29) is 45.6 Å². The molecule has 0 amide bonds. The van der Waals surface area contributed by atoms with Crippen LogP contribution in [0.25, 0.3) is 34.8 Å². The highest BCUT2D eigenvalue weighted by Crippen LogP contribution is 2.44. The van der Waals surface area contributed by atoms with Crippen LogP contribution in [0.1, 0.15) is 17.5 Å². The quantitative estimate of drug-likeness (QED) is 0.0198. The van der Waals surface area contributed by atoms with Crippen LogP contribution in [0.2, 0.25) is 0 Å². The Balaban J connectivity index is 1.12. The first-order valence-electron chi connectivity index (χ1n) is 25.1. The lowest BCUT2D eigenvalue weighted by Crippen LogP contribution is -2.65. The van der Waals surface area contributed by atoms with E-state index in [4.69, 9.17) is 56.9 Å². The van der Waals surface area contributed by atoms with Crippen LogP contribution in [0.5, 0.6) is 34.5 Å². The molecule has 0 spiro atoms. The van der Waals surface area contributed by atoms with Gasteiger partial charge in [-0.2, -0.15) is 0 Å². The van der Waals surface area contributed by atoms with E-state index >= 15 is 0 Å². The highest BCUT2D eigenvalue weighted by atomic mass is 16.8. The number of aromatic hydroxyl groups is 3. The first-order chi connectivity index (χ1) is 39.6. The minimum atomic E-state index is -2.17. The summed E-state index contributed by atoms with van der Waals surface area (Å²) < 4.78 is 62.9. The molecular formula is C55H56O28. The van der Waals surface area contributed by atoms with Gasteiger partial charge in [0, 0.05) is 29.8 Å². The summed E-state index contributed by atoms with van der Waals surface area (Å²) in [6.45, 7) is -2.40. The standard InChI is InChI=1S/C55H56O28/c1-73-34-16-25(4-13-31(34)59)6-15-41(63)75-22-38-45(67)48(70)52(83-54-50(72)47(69)43(65)36(81-54)21-74-40(62)14-5-24-2-9-27(56)10-3-24)55(82-38)79-35-19-30-32(77-51(35)26-7-11-28(57)12-8-26)17-29(58)18-33(30)78-53-49(71)46(68)44(66)37(80-53)23-76-42(64)20-39(60)61/h2-19,36-38,43-50,52-57,59,65-72H,20-23H2,1H3,(H,60,61)/t36-,37-,38-,43-,44-,45-,46+,47+,48+,49-,50-,52-,53-,54+,55-/m1/s1. The van der Waals surface area contributed by atoms with Crippen molar-refractivity contribution in [2.24, 2.45) is 0 Å². The summed E-state index contributed by atoms with van der Waals surface area (Å²) in [4.78, 5) is 62.1. The van der Waals surface area contributed by atoms with Crippen molar-refractivity contribution in [3.05, 3.63) is 118 Å². The second kappa shape index (κ2) is 26.8. The number of methoxy groups -OCH3 is 1. The average Bonchev–Trinajstić information content (AvgIpc) is 3.38. The summed E-state index contributed by atoms with van der Waals surface area (Å²) in [6, 6.07) is 18.2. The molecule has 5 aliphatic rings. The highest BCUT2D eigenvalue weighted by molar-refractivity contribution is 5.90. The van der Waals surface area contributed by atoms with Crippen LogP contribution in [-0.2, 0) is 52.3 Å². The number of aliphatic hydroxyl groups is 8. The second-order valence-corrected chi connectivity index (χ2v) is 18.9. The maximum atomic E-state index is 13.3. The molecule has 0 bridgehead atoms. The number of phenolic OH excluding ortho intramolecular Hbond substituents is 3. The zero-order chi connectivity index (χ0) is 59.8. The molecule has 12 N–H and O–H groups in total. The molecule has 3 saturated heterocycles. The number of hydrogen-bond acceptors (Lipinski definition) is 27. The molecule has 3 fully saturated rings. The van der Waals surface area contributed by atoms with E-state index in [1.807, 2.05) is 0 Å². The molecule has 0 aromatic heterocycles. The van der Waals surface area contributed by atoms with Gasteiger partial charge in [-0.15, -0.1) is 0 Å². The monoisotopic (exact) mass is 1160 g/mol. The molecule has 1 aliphatic carbocycles. The summed E-state index contributed by atoms with van der Waals surface area (Å²) in [7, 11) is 1.32. The van der Waals surface area contributed by atoms with E-state index < -0.39 is 159 Å². The Morgan fingerprint density at radius 2 is 1.06 bits per heavy atom. The first-order valence-corrected chi connectivity index (χ1v) is 25.1. The predicted molar refractivity (Wildman–Crippen MR) is 275 cm³/mol. The third kappa shape index (κ3) is 14.9. The number of hydrogen-bond donors (Lipinski definition) is 12. The average molecular weight is 1170 g/mol. The molecule has 3 aromatic rings. The van der Waals surface area contributed by atoms with Gasteiger partial charge in [-0.05, 0) is 77.9 Å². The molecule has 28 heteroatoms. The van der Waals surface area contributed by atoms with Gasteiger partial charge in [0.25, 0.3) is 0 Å². The largest absolute Gasteiger partial charge is 0.508 e. The minimum absolute atomic E-state index is 0.0234. The molecular weight excluding hydrogens is 1110 g/mol. The van der Waals surface area contributed by atoms with Crippen LogP contribution in [0.3, 0.4) is 0 Å². The number of aliphatic carboxylic acids is 1. The minimum Gasteiger partial charge on any atom is -0.508 e. The van der Waals surface area contributed by atoms with Gasteiger partial charge in [0.15, 0.2) is 40.8 Å².